The molecule has 1 aliphatic heterocycles. The van der Waals surface area contributed by atoms with Crippen LogP contribution < -0.4 is 14.5 Å². The van der Waals surface area contributed by atoms with Gasteiger partial charge in [-0.1, -0.05) is 12.1 Å². The fraction of sp³-hybridized carbons (Fsp3) is 0.333. The number of nitrogens with zero attached hydrogens (tertiary/aromatic N) is 5. The van der Waals surface area contributed by atoms with Crippen LogP contribution in [0.3, 0.4) is 0 Å². The van der Waals surface area contributed by atoms with E-state index in [0.717, 1.165) is 54.7 Å². The van der Waals surface area contributed by atoms with Crippen molar-refractivity contribution in [3.63, 3.8) is 0 Å². The molecule has 0 saturated carbocycles. The number of thioether (sulfide) groups is 1. The number of benzene rings is 2. The van der Waals surface area contributed by atoms with Crippen LogP contribution >= 0.6 is 11.8 Å². The fourth-order valence-electron chi connectivity index (χ4n) is 4.75. The van der Waals surface area contributed by atoms with E-state index < -0.39 is 0 Å². The van der Waals surface area contributed by atoms with Crippen molar-refractivity contribution in [1.82, 2.24) is 14.0 Å². The van der Waals surface area contributed by atoms with Crippen molar-refractivity contribution >= 4 is 40.0 Å². The van der Waals surface area contributed by atoms with Crippen LogP contribution in [-0.2, 0) is 27.2 Å². The van der Waals surface area contributed by atoms with E-state index in [0.29, 0.717) is 11.1 Å². The molecule has 1 N–H and O–H groups in total. The third kappa shape index (κ3) is 4.63. The molecule has 1 aliphatic rings. The number of anilines is 1. The highest BCUT2D eigenvalue weighted by Gasteiger charge is 2.30. The topological polar surface area (TPSA) is 67.0 Å². The summed E-state index contributed by atoms with van der Waals surface area (Å²) in [5.41, 5.74) is 2.12. The van der Waals surface area contributed by atoms with E-state index in [9.17, 15) is 9.59 Å². The van der Waals surface area contributed by atoms with Gasteiger partial charge in [0.2, 0.25) is 6.33 Å². The van der Waals surface area contributed by atoms with E-state index in [1.54, 1.807) is 6.07 Å². The number of nitrogens with one attached hydrogen (secondary N) is 1. The van der Waals surface area contributed by atoms with Crippen LogP contribution in [0.2, 0.25) is 0 Å². The van der Waals surface area contributed by atoms with Crippen molar-refractivity contribution in [2.45, 2.75) is 31.1 Å². The van der Waals surface area contributed by atoms with Crippen LogP contribution in [0.25, 0.3) is 10.8 Å². The Morgan fingerprint density at radius 3 is 2.56 bits per heavy atom. The first-order chi connectivity index (χ1) is 17.4. The molecule has 0 radical (unpaired) electrons. The van der Waals surface area contributed by atoms with Crippen molar-refractivity contribution < 1.29 is 18.7 Å². The highest BCUT2D eigenvalue weighted by molar-refractivity contribution is 7.99. The van der Waals surface area contributed by atoms with E-state index in [-0.39, 0.29) is 11.8 Å². The number of hydrogen-bond donors (Lipinski definition) is 1. The largest absolute Gasteiger partial charge is 0.384 e. The Kier molecular flexibility index (Phi) is 6.82. The van der Waals surface area contributed by atoms with Gasteiger partial charge in [-0.15, -0.1) is 0 Å². The van der Waals surface area contributed by atoms with Crippen molar-refractivity contribution in [1.29, 1.82) is 0 Å². The van der Waals surface area contributed by atoms with Crippen LogP contribution in [0.1, 0.15) is 33.6 Å². The molecule has 36 heavy (non-hydrogen) atoms. The summed E-state index contributed by atoms with van der Waals surface area (Å²) in [7, 11) is 5.70. The molecule has 4 aromatic rings. The maximum absolute atomic E-state index is 12.6. The first kappa shape index (κ1) is 24.1. The quantitative estimate of drug-likeness (QED) is 0.156. The monoisotopic (exact) mass is 504 g/mol. The van der Waals surface area contributed by atoms with E-state index in [1.165, 1.54) is 17.1 Å². The van der Waals surface area contributed by atoms with Gasteiger partial charge >= 0.3 is 5.16 Å². The molecule has 0 saturated heterocycles. The predicted molar refractivity (Wildman–Crippen MR) is 140 cm³/mol. The molecule has 186 valence electrons. The molecule has 0 bridgehead atoms. The van der Waals surface area contributed by atoms with Crippen LogP contribution in [0.15, 0.2) is 66.6 Å². The van der Waals surface area contributed by atoms with Gasteiger partial charge in [0.15, 0.2) is 0 Å². The molecule has 0 unspecified atom stereocenters. The lowest BCUT2D eigenvalue weighted by molar-refractivity contribution is -0.709. The smallest absolute Gasteiger partial charge is 0.317 e. The standard InChI is InChI=1S/C27H31N6O2S/c1-29-14-15-30(2)27(29)36-18-6-13-33-17-16-32(19-33)12-5-11-28-23-10-9-22-24-20(23)7-4-8-21(24)25(34)31(3)26(22)35/h4,7-10,14-17,19H,5-6,11-13,18H2,1-3H3/q+1/p+1. The first-order valence-electron chi connectivity index (χ1n) is 12.2. The van der Waals surface area contributed by atoms with Crippen molar-refractivity contribution in [2.75, 3.05) is 24.7 Å². The summed E-state index contributed by atoms with van der Waals surface area (Å²) in [6.07, 6.45) is 12.7. The van der Waals surface area contributed by atoms with E-state index in [2.05, 4.69) is 68.8 Å². The van der Waals surface area contributed by atoms with Gasteiger partial charge in [-0.2, -0.15) is 0 Å². The maximum Gasteiger partial charge on any atom is 0.317 e. The third-order valence-electron chi connectivity index (χ3n) is 6.67. The zero-order valence-electron chi connectivity index (χ0n) is 21.0. The molecule has 2 amide bonds. The summed E-state index contributed by atoms with van der Waals surface area (Å²) >= 11 is 1.89. The molecule has 8 nitrogen and oxygen atoms in total. The summed E-state index contributed by atoms with van der Waals surface area (Å²) in [6, 6.07) is 9.42. The van der Waals surface area contributed by atoms with Gasteiger partial charge in [0, 0.05) is 53.4 Å². The fourth-order valence-corrected chi connectivity index (χ4v) is 5.73. The normalized spacial score (nSPS) is 13.1. The maximum atomic E-state index is 12.6. The average Bonchev–Trinajstić information content (AvgIpc) is 3.47. The Morgan fingerprint density at radius 2 is 1.78 bits per heavy atom. The molecule has 9 heteroatoms. The van der Waals surface area contributed by atoms with Gasteiger partial charge in [-0.25, -0.2) is 18.3 Å². The highest BCUT2D eigenvalue weighted by Crippen LogP contribution is 2.33. The molecule has 0 aliphatic carbocycles. The molecule has 2 aromatic heterocycles. The van der Waals surface area contributed by atoms with Crippen LogP contribution in [0.4, 0.5) is 5.69 Å². The van der Waals surface area contributed by atoms with E-state index in [4.69, 9.17) is 0 Å². The number of imidazole rings is 2. The summed E-state index contributed by atoms with van der Waals surface area (Å²) in [6.45, 7) is 2.71. The second-order valence-corrected chi connectivity index (χ2v) is 10.3. The Bertz CT molecular complexity index is 1400. The second kappa shape index (κ2) is 10.2. The zero-order valence-corrected chi connectivity index (χ0v) is 21.8. The number of carbonyl (C=O) groups is 2. The lowest BCUT2D eigenvalue weighted by Crippen LogP contribution is -2.36. The number of rotatable bonds is 10. The number of aromatic nitrogens is 4. The molecular weight excluding hydrogens is 472 g/mol. The van der Waals surface area contributed by atoms with Crippen LogP contribution in [0, 0.1) is 0 Å². The lowest BCUT2D eigenvalue weighted by atomic mass is 9.93. The summed E-state index contributed by atoms with van der Waals surface area (Å²) < 4.78 is 8.78. The molecule has 0 fully saturated rings. The molecule has 3 heterocycles. The van der Waals surface area contributed by atoms with Crippen molar-refractivity contribution in [3.8, 4) is 0 Å². The Labute approximate surface area is 215 Å². The number of hydrogen-bond acceptors (Lipinski definition) is 4. The minimum absolute atomic E-state index is 0.247. The summed E-state index contributed by atoms with van der Waals surface area (Å²) in [5, 5.41) is 6.45. The minimum atomic E-state index is -0.247. The number of imide groups is 1. The molecule has 0 atom stereocenters. The molecule has 0 spiro atoms. The molecular formula is C27H32N6O2S+2. The second-order valence-electron chi connectivity index (χ2n) is 9.23. The van der Waals surface area contributed by atoms with Gasteiger partial charge in [-0.3, -0.25) is 14.5 Å². The highest BCUT2D eigenvalue weighted by atomic mass is 32.2. The SMILES string of the molecule is CN1C(=O)c2cccc3c(NCCCn4cc[n+](CCCSc5n(C)cc[n+]5C)c4)ccc(c23)C1=O. The number of amides is 2. The molecule has 5 rings (SSSR count). The van der Waals surface area contributed by atoms with Gasteiger partial charge in [-0.05, 0) is 36.4 Å². The number of carbonyl (C=O) groups excluding carboxylic acids is 2. The summed E-state index contributed by atoms with van der Waals surface area (Å²) in [5.74, 6) is 0.586. The molecule has 2 aromatic carbocycles. The van der Waals surface area contributed by atoms with Gasteiger partial charge in [0.25, 0.3) is 11.8 Å². The van der Waals surface area contributed by atoms with Gasteiger partial charge in [0.1, 0.15) is 24.8 Å². The van der Waals surface area contributed by atoms with Gasteiger partial charge < -0.3 is 5.32 Å². The van der Waals surface area contributed by atoms with Gasteiger partial charge in [0.05, 0.1) is 27.2 Å². The Balaban J connectivity index is 1.13. The van der Waals surface area contributed by atoms with Crippen molar-refractivity contribution in [3.05, 3.63) is 72.6 Å². The van der Waals surface area contributed by atoms with E-state index in [1.807, 2.05) is 36.0 Å². The lowest BCUT2D eigenvalue weighted by Gasteiger charge is -2.24. The average molecular weight is 505 g/mol. The predicted octanol–water partition coefficient (Wildman–Crippen LogP) is 3.00. The zero-order chi connectivity index (χ0) is 25.2. The van der Waals surface area contributed by atoms with Crippen molar-refractivity contribution in [2.24, 2.45) is 14.1 Å². The minimum Gasteiger partial charge on any atom is -0.384 e. The number of aryl methyl sites for hydroxylation is 4. The Hall–Kier alpha value is -3.59. The Morgan fingerprint density at radius 1 is 0.972 bits per heavy atom. The summed E-state index contributed by atoms with van der Waals surface area (Å²) in [4.78, 5) is 26.4. The third-order valence-corrected chi connectivity index (χ3v) is 8.00. The van der Waals surface area contributed by atoms with E-state index >= 15 is 0 Å². The first-order valence-corrected chi connectivity index (χ1v) is 13.2. The van der Waals surface area contributed by atoms with Crippen LogP contribution in [0.5, 0.6) is 0 Å². The van der Waals surface area contributed by atoms with Crippen LogP contribution in [-0.4, -0.2) is 45.2 Å².